The fourth-order valence-electron chi connectivity index (χ4n) is 4.36. The van der Waals surface area contributed by atoms with E-state index in [2.05, 4.69) is 66.7 Å². The topological polar surface area (TPSA) is 107 Å². The predicted octanol–water partition coefficient (Wildman–Crippen LogP) is 5.17. The highest BCUT2D eigenvalue weighted by atomic mass is 35.5. The Morgan fingerprint density at radius 1 is 1.06 bits per heavy atom. The minimum atomic E-state index is 0.00288. The number of nitrogens with one attached hydrogen (secondary N) is 2. The molecule has 4 aromatic rings. The number of pyridine rings is 2. The molecule has 0 unspecified atom stereocenters. The van der Waals surface area contributed by atoms with Crippen LogP contribution in [0.3, 0.4) is 0 Å². The van der Waals surface area contributed by atoms with Gasteiger partial charge in [0.1, 0.15) is 22.6 Å². The Morgan fingerprint density at radius 2 is 1.86 bits per heavy atom. The van der Waals surface area contributed by atoms with Gasteiger partial charge in [-0.05, 0) is 31.0 Å². The van der Waals surface area contributed by atoms with E-state index in [0.29, 0.717) is 22.4 Å². The lowest BCUT2D eigenvalue weighted by Crippen LogP contribution is -2.39. The average molecular weight is 502 g/mol. The van der Waals surface area contributed by atoms with Gasteiger partial charge in [-0.1, -0.05) is 32.4 Å². The van der Waals surface area contributed by atoms with Crippen LogP contribution in [0.5, 0.6) is 0 Å². The fourth-order valence-corrected chi connectivity index (χ4v) is 4.50. The van der Waals surface area contributed by atoms with Crippen LogP contribution in [0.15, 0.2) is 49.1 Å². The Balaban J connectivity index is 1.24. The van der Waals surface area contributed by atoms with Gasteiger partial charge in [0.05, 0.1) is 11.8 Å². The molecule has 0 atom stereocenters. The molecule has 1 aliphatic heterocycles. The fraction of sp³-hybridized carbons (Fsp3) is 0.346. The number of anilines is 4. The van der Waals surface area contributed by atoms with Gasteiger partial charge in [0.25, 0.3) is 0 Å². The van der Waals surface area contributed by atoms with Crippen LogP contribution in [0.2, 0.25) is 5.02 Å². The standard InChI is InChI=1S/C26H28ClN9/c1-26(2,3)21-16-30-23-12-19(8-11-36(21)23)33-25-31-15-20(27)24(34-25)32-18-6-9-35(10-7-18)22-5-4-17(13-28)14-29-22/h4-5,8,11-12,14-16,18H,6-7,9-10H2,1-3H3,(H2,31,32,33,34). The van der Waals surface area contributed by atoms with Gasteiger partial charge >= 0.3 is 0 Å². The summed E-state index contributed by atoms with van der Waals surface area (Å²) < 4.78 is 2.10. The summed E-state index contributed by atoms with van der Waals surface area (Å²) in [5.74, 6) is 1.97. The van der Waals surface area contributed by atoms with Gasteiger partial charge in [-0.3, -0.25) is 0 Å². The number of imidazole rings is 1. The lowest BCUT2D eigenvalue weighted by atomic mass is 9.93. The highest BCUT2D eigenvalue weighted by Crippen LogP contribution is 2.27. The van der Waals surface area contributed by atoms with Crippen LogP contribution in [0.4, 0.5) is 23.3 Å². The van der Waals surface area contributed by atoms with Gasteiger partial charge < -0.3 is 19.9 Å². The molecule has 1 aliphatic rings. The molecule has 0 radical (unpaired) electrons. The largest absolute Gasteiger partial charge is 0.366 e. The van der Waals surface area contributed by atoms with E-state index in [-0.39, 0.29) is 11.5 Å². The molecule has 2 N–H and O–H groups in total. The van der Waals surface area contributed by atoms with E-state index >= 15 is 0 Å². The maximum absolute atomic E-state index is 8.97. The summed E-state index contributed by atoms with van der Waals surface area (Å²) in [6, 6.07) is 10.0. The van der Waals surface area contributed by atoms with Crippen molar-refractivity contribution in [3.8, 4) is 6.07 Å². The maximum Gasteiger partial charge on any atom is 0.229 e. The summed E-state index contributed by atoms with van der Waals surface area (Å²) in [6.45, 7) is 8.22. The van der Waals surface area contributed by atoms with Gasteiger partial charge in [0.15, 0.2) is 5.82 Å². The monoisotopic (exact) mass is 501 g/mol. The first-order valence-electron chi connectivity index (χ1n) is 11.9. The molecule has 0 spiro atoms. The van der Waals surface area contributed by atoms with Crippen LogP contribution in [0, 0.1) is 11.3 Å². The van der Waals surface area contributed by atoms with E-state index in [9.17, 15) is 0 Å². The second-order valence-electron chi connectivity index (χ2n) is 9.97. The highest BCUT2D eigenvalue weighted by molar-refractivity contribution is 6.32. The molecular weight excluding hydrogens is 474 g/mol. The van der Waals surface area contributed by atoms with Crippen LogP contribution in [0.1, 0.15) is 44.9 Å². The zero-order valence-corrected chi connectivity index (χ0v) is 21.3. The van der Waals surface area contributed by atoms with E-state index in [1.807, 2.05) is 30.6 Å². The van der Waals surface area contributed by atoms with Gasteiger partial charge in [-0.25, -0.2) is 15.0 Å². The number of hydrogen-bond donors (Lipinski definition) is 2. The quantitative estimate of drug-likeness (QED) is 0.386. The highest BCUT2D eigenvalue weighted by Gasteiger charge is 2.22. The molecule has 184 valence electrons. The average Bonchev–Trinajstić information content (AvgIpc) is 3.31. The minimum Gasteiger partial charge on any atom is -0.366 e. The molecule has 0 amide bonds. The predicted molar refractivity (Wildman–Crippen MR) is 142 cm³/mol. The summed E-state index contributed by atoms with van der Waals surface area (Å²) in [5, 5.41) is 16.2. The number of aromatic nitrogens is 5. The molecule has 10 heteroatoms. The maximum atomic E-state index is 8.97. The molecule has 5 rings (SSSR count). The number of fused-ring (bicyclic) bond motifs is 1. The van der Waals surface area contributed by atoms with Crippen molar-refractivity contribution >= 4 is 40.5 Å². The number of nitrogens with zero attached hydrogens (tertiary/aromatic N) is 7. The van der Waals surface area contributed by atoms with E-state index in [1.165, 1.54) is 0 Å². The number of nitriles is 1. The van der Waals surface area contributed by atoms with Crippen molar-refractivity contribution in [1.82, 2.24) is 24.3 Å². The molecule has 9 nitrogen and oxygen atoms in total. The third-order valence-electron chi connectivity index (χ3n) is 6.32. The molecule has 0 bridgehead atoms. The summed E-state index contributed by atoms with van der Waals surface area (Å²) in [6.07, 6.45) is 8.98. The first-order valence-corrected chi connectivity index (χ1v) is 12.3. The van der Waals surface area contributed by atoms with Crippen LogP contribution in [-0.4, -0.2) is 43.5 Å². The smallest absolute Gasteiger partial charge is 0.229 e. The molecule has 0 aromatic carbocycles. The normalized spacial score (nSPS) is 14.6. The van der Waals surface area contributed by atoms with Crippen LogP contribution >= 0.6 is 11.6 Å². The molecule has 4 aromatic heterocycles. The lowest BCUT2D eigenvalue weighted by molar-refractivity contribution is 0.522. The number of hydrogen-bond acceptors (Lipinski definition) is 8. The Hall–Kier alpha value is -3.90. The van der Waals surface area contributed by atoms with Crippen molar-refractivity contribution in [1.29, 1.82) is 5.26 Å². The van der Waals surface area contributed by atoms with Crippen LogP contribution in [0.25, 0.3) is 5.65 Å². The molecule has 1 fully saturated rings. The molecule has 0 saturated carbocycles. The SMILES string of the molecule is CC(C)(C)c1cnc2cc(Nc3ncc(Cl)c(NC4CCN(c5ccc(C#N)cn5)CC4)n3)ccn12. The van der Waals surface area contributed by atoms with E-state index in [0.717, 1.165) is 48.8 Å². The Kier molecular flexibility index (Phi) is 6.37. The zero-order chi connectivity index (χ0) is 25.3. The van der Waals surface area contributed by atoms with Crippen molar-refractivity contribution in [2.24, 2.45) is 0 Å². The number of rotatable bonds is 5. The third-order valence-corrected chi connectivity index (χ3v) is 6.60. The third kappa shape index (κ3) is 5.04. The first kappa shape index (κ1) is 23.8. The van der Waals surface area contributed by atoms with Gasteiger partial charge in [-0.15, -0.1) is 0 Å². The van der Waals surface area contributed by atoms with Crippen molar-refractivity contribution in [3.63, 3.8) is 0 Å². The Morgan fingerprint density at radius 3 is 2.56 bits per heavy atom. The zero-order valence-electron chi connectivity index (χ0n) is 20.5. The molecule has 0 aliphatic carbocycles. The lowest BCUT2D eigenvalue weighted by Gasteiger charge is -2.33. The summed E-state index contributed by atoms with van der Waals surface area (Å²) >= 11 is 6.42. The van der Waals surface area contributed by atoms with Crippen molar-refractivity contribution in [2.45, 2.75) is 45.1 Å². The van der Waals surface area contributed by atoms with Gasteiger partial charge in [0.2, 0.25) is 5.95 Å². The number of piperidine rings is 1. The van der Waals surface area contributed by atoms with Crippen molar-refractivity contribution in [2.75, 3.05) is 28.6 Å². The van der Waals surface area contributed by atoms with E-state index in [1.54, 1.807) is 18.5 Å². The number of halogens is 1. The summed E-state index contributed by atoms with van der Waals surface area (Å²) in [4.78, 5) is 20.2. The summed E-state index contributed by atoms with van der Waals surface area (Å²) in [5.41, 5.74) is 3.44. The van der Waals surface area contributed by atoms with Crippen LogP contribution in [-0.2, 0) is 5.41 Å². The molecule has 36 heavy (non-hydrogen) atoms. The van der Waals surface area contributed by atoms with Gasteiger partial charge in [-0.2, -0.15) is 10.2 Å². The minimum absolute atomic E-state index is 0.00288. The molecule has 5 heterocycles. The Bertz CT molecular complexity index is 1410. The van der Waals surface area contributed by atoms with E-state index in [4.69, 9.17) is 16.9 Å². The Labute approximate surface area is 215 Å². The first-order chi connectivity index (χ1) is 17.3. The molecule has 1 saturated heterocycles. The molecular formula is C26H28ClN9. The van der Waals surface area contributed by atoms with Crippen LogP contribution < -0.4 is 15.5 Å². The van der Waals surface area contributed by atoms with Crippen molar-refractivity contribution < 1.29 is 0 Å². The van der Waals surface area contributed by atoms with E-state index < -0.39 is 0 Å². The van der Waals surface area contributed by atoms with Gasteiger partial charge in [0, 0.05) is 60.6 Å². The second-order valence-corrected chi connectivity index (χ2v) is 10.4. The van der Waals surface area contributed by atoms with Crippen molar-refractivity contribution in [3.05, 3.63) is 65.3 Å². The second kappa shape index (κ2) is 9.63. The summed E-state index contributed by atoms with van der Waals surface area (Å²) in [7, 11) is 0.